The highest BCUT2D eigenvalue weighted by molar-refractivity contribution is 6.30. The molecule has 0 saturated carbocycles. The Labute approximate surface area is 141 Å². The lowest BCUT2D eigenvalue weighted by atomic mass is 10.0. The number of rotatable bonds is 6. The zero-order chi connectivity index (χ0) is 16.8. The number of halogens is 1. The summed E-state index contributed by atoms with van der Waals surface area (Å²) in [7, 11) is 1.62. The van der Waals surface area contributed by atoms with Gasteiger partial charge in [0, 0.05) is 10.6 Å². The van der Waals surface area contributed by atoms with Gasteiger partial charge in [-0.15, -0.1) is 0 Å². The van der Waals surface area contributed by atoms with Gasteiger partial charge in [0.2, 0.25) is 0 Å². The van der Waals surface area contributed by atoms with Crippen molar-refractivity contribution < 1.29 is 14.3 Å². The van der Waals surface area contributed by atoms with Crippen LogP contribution in [0.1, 0.15) is 24.1 Å². The molecule has 0 radical (unpaired) electrons. The van der Waals surface area contributed by atoms with Crippen molar-refractivity contribution in [2.24, 2.45) is 0 Å². The summed E-state index contributed by atoms with van der Waals surface area (Å²) in [6.45, 7) is 3.86. The standard InChI is InChI=1S/C18H20ClNO3/c1-12-4-9-17(22-3)16(10-12)13(2)20-18(21)11-23-15-7-5-14(19)6-8-15/h4-10,13H,11H2,1-3H3,(H,20,21)/t13-/m1/s1. The van der Waals surface area contributed by atoms with Crippen LogP contribution in [0.15, 0.2) is 42.5 Å². The van der Waals surface area contributed by atoms with Crippen molar-refractivity contribution >= 4 is 17.5 Å². The Morgan fingerprint density at radius 1 is 1.22 bits per heavy atom. The van der Waals surface area contributed by atoms with Crippen molar-refractivity contribution in [3.63, 3.8) is 0 Å². The van der Waals surface area contributed by atoms with Crippen molar-refractivity contribution in [2.45, 2.75) is 19.9 Å². The Morgan fingerprint density at radius 2 is 1.91 bits per heavy atom. The second kappa shape index (κ2) is 7.88. The summed E-state index contributed by atoms with van der Waals surface area (Å²) in [4.78, 5) is 12.0. The molecule has 1 atom stereocenters. The van der Waals surface area contributed by atoms with Crippen LogP contribution < -0.4 is 14.8 Å². The molecule has 1 amide bonds. The van der Waals surface area contributed by atoms with E-state index in [1.807, 2.05) is 32.0 Å². The molecule has 0 saturated heterocycles. The zero-order valence-electron chi connectivity index (χ0n) is 13.4. The molecule has 0 fully saturated rings. The van der Waals surface area contributed by atoms with Crippen molar-refractivity contribution in [3.8, 4) is 11.5 Å². The highest BCUT2D eigenvalue weighted by atomic mass is 35.5. The maximum atomic E-state index is 12.0. The molecule has 122 valence electrons. The van der Waals surface area contributed by atoms with E-state index in [1.54, 1.807) is 31.4 Å². The average Bonchev–Trinajstić information content (AvgIpc) is 2.54. The van der Waals surface area contributed by atoms with Gasteiger partial charge in [0.15, 0.2) is 6.61 Å². The Balaban J connectivity index is 1.94. The third-order valence-electron chi connectivity index (χ3n) is 3.41. The summed E-state index contributed by atoms with van der Waals surface area (Å²) in [5, 5.41) is 3.54. The lowest BCUT2D eigenvalue weighted by Crippen LogP contribution is -2.31. The summed E-state index contributed by atoms with van der Waals surface area (Å²) in [6, 6.07) is 12.6. The molecule has 0 spiro atoms. The number of ether oxygens (including phenoxy) is 2. The van der Waals surface area contributed by atoms with Crippen LogP contribution in [-0.2, 0) is 4.79 Å². The maximum absolute atomic E-state index is 12.0. The molecule has 0 unspecified atom stereocenters. The van der Waals surface area contributed by atoms with Gasteiger partial charge in [-0.3, -0.25) is 4.79 Å². The highest BCUT2D eigenvalue weighted by Gasteiger charge is 2.14. The fraction of sp³-hybridized carbons (Fsp3) is 0.278. The molecule has 23 heavy (non-hydrogen) atoms. The summed E-state index contributed by atoms with van der Waals surface area (Å²) >= 11 is 5.81. The van der Waals surface area contributed by atoms with Gasteiger partial charge in [-0.1, -0.05) is 29.3 Å². The lowest BCUT2D eigenvalue weighted by molar-refractivity contribution is -0.123. The monoisotopic (exact) mass is 333 g/mol. The number of benzene rings is 2. The highest BCUT2D eigenvalue weighted by Crippen LogP contribution is 2.26. The van der Waals surface area contributed by atoms with Crippen LogP contribution in [-0.4, -0.2) is 19.6 Å². The van der Waals surface area contributed by atoms with Crippen LogP contribution in [0.2, 0.25) is 5.02 Å². The summed E-state index contributed by atoms with van der Waals surface area (Å²) < 4.78 is 10.8. The number of carbonyl (C=O) groups is 1. The molecule has 0 aliphatic rings. The molecular weight excluding hydrogens is 314 g/mol. The van der Waals surface area contributed by atoms with E-state index in [1.165, 1.54) is 0 Å². The van der Waals surface area contributed by atoms with Gasteiger partial charge in [0.1, 0.15) is 11.5 Å². The van der Waals surface area contributed by atoms with Crippen LogP contribution in [0, 0.1) is 6.92 Å². The second-order valence-electron chi connectivity index (χ2n) is 5.28. The first kappa shape index (κ1) is 17.2. The van der Waals surface area contributed by atoms with E-state index in [0.29, 0.717) is 10.8 Å². The van der Waals surface area contributed by atoms with Crippen LogP contribution in [0.4, 0.5) is 0 Å². The first-order valence-corrected chi connectivity index (χ1v) is 7.69. The van der Waals surface area contributed by atoms with E-state index in [9.17, 15) is 4.79 Å². The smallest absolute Gasteiger partial charge is 0.258 e. The number of hydrogen-bond donors (Lipinski definition) is 1. The molecule has 0 aromatic heterocycles. The molecule has 4 nitrogen and oxygen atoms in total. The van der Waals surface area contributed by atoms with E-state index in [4.69, 9.17) is 21.1 Å². The van der Waals surface area contributed by atoms with Crippen LogP contribution in [0.3, 0.4) is 0 Å². The minimum atomic E-state index is -0.198. The fourth-order valence-electron chi connectivity index (χ4n) is 2.23. The van der Waals surface area contributed by atoms with Crippen molar-refractivity contribution in [3.05, 3.63) is 58.6 Å². The molecule has 0 aliphatic heterocycles. The third kappa shape index (κ3) is 4.89. The second-order valence-corrected chi connectivity index (χ2v) is 5.71. The Kier molecular flexibility index (Phi) is 5.88. The first-order chi connectivity index (χ1) is 11.0. The predicted molar refractivity (Wildman–Crippen MR) is 91.2 cm³/mol. The molecule has 2 aromatic carbocycles. The first-order valence-electron chi connectivity index (χ1n) is 7.32. The number of hydrogen-bond acceptors (Lipinski definition) is 3. The summed E-state index contributed by atoms with van der Waals surface area (Å²) in [5.74, 6) is 1.16. The largest absolute Gasteiger partial charge is 0.496 e. The summed E-state index contributed by atoms with van der Waals surface area (Å²) in [6.07, 6.45) is 0. The van der Waals surface area contributed by atoms with Gasteiger partial charge < -0.3 is 14.8 Å². The van der Waals surface area contributed by atoms with Gasteiger partial charge in [-0.2, -0.15) is 0 Å². The average molecular weight is 334 g/mol. The van der Waals surface area contributed by atoms with E-state index < -0.39 is 0 Å². The molecule has 0 aliphatic carbocycles. The third-order valence-corrected chi connectivity index (χ3v) is 3.66. The molecular formula is C18H20ClNO3. The fourth-order valence-corrected chi connectivity index (χ4v) is 2.36. The van der Waals surface area contributed by atoms with Crippen molar-refractivity contribution in [1.82, 2.24) is 5.32 Å². The molecule has 5 heteroatoms. The van der Waals surface area contributed by atoms with Gasteiger partial charge >= 0.3 is 0 Å². The van der Waals surface area contributed by atoms with Gasteiger partial charge in [-0.25, -0.2) is 0 Å². The van der Waals surface area contributed by atoms with Crippen molar-refractivity contribution in [1.29, 1.82) is 0 Å². The minimum absolute atomic E-state index is 0.0555. The number of aryl methyl sites for hydroxylation is 1. The molecule has 2 aromatic rings. The van der Waals surface area contributed by atoms with Crippen molar-refractivity contribution in [2.75, 3.05) is 13.7 Å². The topological polar surface area (TPSA) is 47.6 Å². The number of amides is 1. The predicted octanol–water partition coefficient (Wildman–Crippen LogP) is 3.91. The Bertz CT molecular complexity index is 670. The molecule has 2 rings (SSSR count). The van der Waals surface area contributed by atoms with E-state index in [0.717, 1.165) is 16.9 Å². The van der Waals surface area contributed by atoms with Gasteiger partial charge in [-0.05, 0) is 44.2 Å². The van der Waals surface area contributed by atoms with Crippen LogP contribution in [0.25, 0.3) is 0 Å². The SMILES string of the molecule is COc1ccc(C)cc1[C@@H](C)NC(=O)COc1ccc(Cl)cc1. The van der Waals surface area contributed by atoms with E-state index >= 15 is 0 Å². The lowest BCUT2D eigenvalue weighted by Gasteiger charge is -2.18. The molecule has 1 N–H and O–H groups in total. The van der Waals surface area contributed by atoms with E-state index in [-0.39, 0.29) is 18.6 Å². The molecule has 0 heterocycles. The van der Waals surface area contributed by atoms with Crippen LogP contribution in [0.5, 0.6) is 11.5 Å². The summed E-state index contributed by atoms with van der Waals surface area (Å²) in [5.41, 5.74) is 2.05. The van der Waals surface area contributed by atoms with Gasteiger partial charge in [0.05, 0.1) is 13.2 Å². The Hall–Kier alpha value is -2.20. The van der Waals surface area contributed by atoms with E-state index in [2.05, 4.69) is 5.32 Å². The number of carbonyl (C=O) groups excluding carboxylic acids is 1. The zero-order valence-corrected chi connectivity index (χ0v) is 14.2. The van der Waals surface area contributed by atoms with Crippen LogP contribution >= 0.6 is 11.6 Å². The normalized spacial score (nSPS) is 11.7. The molecule has 0 bridgehead atoms. The minimum Gasteiger partial charge on any atom is -0.496 e. The maximum Gasteiger partial charge on any atom is 0.258 e. The Morgan fingerprint density at radius 3 is 2.57 bits per heavy atom. The quantitative estimate of drug-likeness (QED) is 0.871. The number of methoxy groups -OCH3 is 1. The number of nitrogens with one attached hydrogen (secondary N) is 1. The van der Waals surface area contributed by atoms with Gasteiger partial charge in [0.25, 0.3) is 5.91 Å².